The summed E-state index contributed by atoms with van der Waals surface area (Å²) in [5.74, 6) is 0.911. The Labute approximate surface area is 124 Å². The number of nitrogen functional groups attached to an aromatic ring is 1. The van der Waals surface area contributed by atoms with Crippen LogP contribution in [0.3, 0.4) is 0 Å². The summed E-state index contributed by atoms with van der Waals surface area (Å²) < 4.78 is 5.08. The molecular formula is C16H21N3O2. The maximum atomic E-state index is 12.0. The Balaban J connectivity index is 1.88. The summed E-state index contributed by atoms with van der Waals surface area (Å²) >= 11 is 0. The number of amides is 1. The van der Waals surface area contributed by atoms with Crippen molar-refractivity contribution in [3.8, 4) is 0 Å². The fourth-order valence-corrected chi connectivity index (χ4v) is 2.23. The van der Waals surface area contributed by atoms with Gasteiger partial charge in [0.1, 0.15) is 5.76 Å². The Morgan fingerprint density at radius 3 is 2.57 bits per heavy atom. The lowest BCUT2D eigenvalue weighted by Crippen LogP contribution is -2.24. The lowest BCUT2D eigenvalue weighted by atomic mass is 9.97. The quantitative estimate of drug-likeness (QED) is 0.828. The molecule has 5 nitrogen and oxygen atoms in total. The monoisotopic (exact) mass is 287 g/mol. The van der Waals surface area contributed by atoms with Crippen LogP contribution >= 0.6 is 0 Å². The molecule has 0 aliphatic carbocycles. The van der Waals surface area contributed by atoms with E-state index in [1.54, 1.807) is 0 Å². The van der Waals surface area contributed by atoms with Crippen molar-refractivity contribution in [1.82, 2.24) is 10.5 Å². The van der Waals surface area contributed by atoms with Crippen LogP contribution in [0.2, 0.25) is 0 Å². The molecule has 1 atom stereocenters. The second-order valence-electron chi connectivity index (χ2n) is 5.35. The van der Waals surface area contributed by atoms with Gasteiger partial charge < -0.3 is 15.6 Å². The molecule has 0 fully saturated rings. The smallest absolute Gasteiger partial charge is 0.220 e. The van der Waals surface area contributed by atoms with Gasteiger partial charge in [-0.3, -0.25) is 4.79 Å². The third kappa shape index (κ3) is 3.84. The minimum atomic E-state index is 0.0133. The molecule has 0 radical (unpaired) electrons. The van der Waals surface area contributed by atoms with Crippen LogP contribution < -0.4 is 11.1 Å². The van der Waals surface area contributed by atoms with Crippen LogP contribution in [0.4, 0.5) is 5.69 Å². The highest BCUT2D eigenvalue weighted by Gasteiger charge is 2.13. The Morgan fingerprint density at radius 1 is 1.33 bits per heavy atom. The summed E-state index contributed by atoms with van der Waals surface area (Å²) in [7, 11) is 0. The summed E-state index contributed by atoms with van der Waals surface area (Å²) in [6.07, 6.45) is 0.438. The molecule has 0 bridgehead atoms. The first-order chi connectivity index (χ1) is 9.97. The van der Waals surface area contributed by atoms with Crippen LogP contribution in [0.5, 0.6) is 0 Å². The molecule has 0 spiro atoms. The number of rotatable bonds is 5. The minimum Gasteiger partial charge on any atom is -0.399 e. The fraction of sp³-hybridized carbons (Fsp3) is 0.375. The highest BCUT2D eigenvalue weighted by atomic mass is 16.5. The molecule has 0 aliphatic rings. The van der Waals surface area contributed by atoms with E-state index in [1.165, 1.54) is 0 Å². The molecule has 21 heavy (non-hydrogen) atoms. The van der Waals surface area contributed by atoms with Crippen molar-refractivity contribution < 1.29 is 9.32 Å². The molecule has 0 saturated heterocycles. The van der Waals surface area contributed by atoms with E-state index >= 15 is 0 Å². The molecule has 2 rings (SSSR count). The normalized spacial score (nSPS) is 12.1. The molecule has 5 heteroatoms. The number of carbonyl (C=O) groups is 1. The van der Waals surface area contributed by atoms with Gasteiger partial charge >= 0.3 is 0 Å². The van der Waals surface area contributed by atoms with E-state index in [9.17, 15) is 4.79 Å². The number of nitrogens with two attached hydrogens (primary N) is 1. The standard InChI is InChI=1S/C16H21N3O2/c1-10(13-4-6-14(17)7-5-13)8-16(20)18-9-15-11(2)19-21-12(15)3/h4-7,10H,8-9,17H2,1-3H3,(H,18,20). The van der Waals surface area contributed by atoms with Crippen LogP contribution in [-0.4, -0.2) is 11.1 Å². The highest BCUT2D eigenvalue weighted by molar-refractivity contribution is 5.76. The van der Waals surface area contributed by atoms with Crippen LogP contribution in [0.1, 0.15) is 41.8 Å². The number of aromatic nitrogens is 1. The SMILES string of the molecule is Cc1noc(C)c1CNC(=O)CC(C)c1ccc(N)cc1. The first-order valence-electron chi connectivity index (χ1n) is 7.01. The predicted octanol–water partition coefficient (Wildman–Crippen LogP) is 2.68. The lowest BCUT2D eigenvalue weighted by Gasteiger charge is -2.12. The molecule has 0 saturated carbocycles. The van der Waals surface area contributed by atoms with Gasteiger partial charge in [-0.05, 0) is 37.5 Å². The van der Waals surface area contributed by atoms with Gasteiger partial charge in [-0.2, -0.15) is 0 Å². The van der Waals surface area contributed by atoms with Gasteiger partial charge in [-0.15, -0.1) is 0 Å². The molecule has 1 unspecified atom stereocenters. The second-order valence-corrected chi connectivity index (χ2v) is 5.35. The zero-order valence-electron chi connectivity index (χ0n) is 12.6. The second kappa shape index (κ2) is 6.43. The number of anilines is 1. The van der Waals surface area contributed by atoms with E-state index in [-0.39, 0.29) is 11.8 Å². The molecular weight excluding hydrogens is 266 g/mol. The van der Waals surface area contributed by atoms with Gasteiger partial charge in [0, 0.05) is 24.2 Å². The van der Waals surface area contributed by atoms with E-state index in [0.29, 0.717) is 13.0 Å². The summed E-state index contributed by atoms with van der Waals surface area (Å²) in [5, 5.41) is 6.79. The van der Waals surface area contributed by atoms with Crippen molar-refractivity contribution in [3.63, 3.8) is 0 Å². The number of nitrogens with zero attached hydrogens (tertiary/aromatic N) is 1. The lowest BCUT2D eigenvalue weighted by molar-refractivity contribution is -0.121. The van der Waals surface area contributed by atoms with E-state index in [2.05, 4.69) is 10.5 Å². The molecule has 2 aromatic rings. The fourth-order valence-electron chi connectivity index (χ4n) is 2.23. The molecule has 0 aliphatic heterocycles. The largest absolute Gasteiger partial charge is 0.399 e. The minimum absolute atomic E-state index is 0.0133. The van der Waals surface area contributed by atoms with Crippen molar-refractivity contribution in [2.24, 2.45) is 0 Å². The molecule has 1 heterocycles. The summed E-state index contributed by atoms with van der Waals surface area (Å²) in [5.41, 5.74) is 9.27. The van der Waals surface area contributed by atoms with E-state index < -0.39 is 0 Å². The summed E-state index contributed by atoms with van der Waals surface area (Å²) in [4.78, 5) is 12.0. The van der Waals surface area contributed by atoms with Crippen molar-refractivity contribution in [1.29, 1.82) is 0 Å². The van der Waals surface area contributed by atoms with Gasteiger partial charge in [0.15, 0.2) is 0 Å². The molecule has 1 aromatic carbocycles. The van der Waals surface area contributed by atoms with Crippen LogP contribution in [0.15, 0.2) is 28.8 Å². The Hall–Kier alpha value is -2.30. The van der Waals surface area contributed by atoms with Gasteiger partial charge in [-0.25, -0.2) is 0 Å². The van der Waals surface area contributed by atoms with Gasteiger partial charge in [-0.1, -0.05) is 24.2 Å². The maximum absolute atomic E-state index is 12.0. The number of hydrogen-bond acceptors (Lipinski definition) is 4. The van der Waals surface area contributed by atoms with E-state index in [0.717, 1.165) is 28.3 Å². The summed E-state index contributed by atoms with van der Waals surface area (Å²) in [6, 6.07) is 7.63. The maximum Gasteiger partial charge on any atom is 0.220 e. The van der Waals surface area contributed by atoms with Crippen LogP contribution in [-0.2, 0) is 11.3 Å². The molecule has 3 N–H and O–H groups in total. The number of hydrogen-bond donors (Lipinski definition) is 2. The third-order valence-corrected chi connectivity index (χ3v) is 3.64. The van der Waals surface area contributed by atoms with Gasteiger partial charge in [0.2, 0.25) is 5.91 Å². The predicted molar refractivity (Wildman–Crippen MR) is 81.7 cm³/mol. The topological polar surface area (TPSA) is 81.2 Å². The average molecular weight is 287 g/mol. The van der Waals surface area contributed by atoms with Crippen LogP contribution in [0.25, 0.3) is 0 Å². The molecule has 1 aromatic heterocycles. The molecule has 1 amide bonds. The zero-order valence-corrected chi connectivity index (χ0v) is 12.6. The Morgan fingerprint density at radius 2 is 2.00 bits per heavy atom. The van der Waals surface area contributed by atoms with Crippen molar-refractivity contribution in [2.75, 3.05) is 5.73 Å². The Kier molecular flexibility index (Phi) is 4.62. The number of aryl methyl sites for hydroxylation is 2. The van der Waals surface area contributed by atoms with E-state index in [4.69, 9.17) is 10.3 Å². The number of nitrogens with one attached hydrogen (secondary N) is 1. The Bertz CT molecular complexity index is 597. The average Bonchev–Trinajstić information content (AvgIpc) is 2.76. The highest BCUT2D eigenvalue weighted by Crippen LogP contribution is 2.20. The number of benzene rings is 1. The van der Waals surface area contributed by atoms with Crippen molar-refractivity contribution in [3.05, 3.63) is 46.8 Å². The third-order valence-electron chi connectivity index (χ3n) is 3.64. The number of carbonyl (C=O) groups excluding carboxylic acids is 1. The zero-order chi connectivity index (χ0) is 15.4. The van der Waals surface area contributed by atoms with Crippen molar-refractivity contribution in [2.45, 2.75) is 39.7 Å². The van der Waals surface area contributed by atoms with Gasteiger partial charge in [0.05, 0.1) is 5.69 Å². The van der Waals surface area contributed by atoms with Crippen LogP contribution in [0, 0.1) is 13.8 Å². The van der Waals surface area contributed by atoms with Crippen molar-refractivity contribution >= 4 is 11.6 Å². The van der Waals surface area contributed by atoms with Gasteiger partial charge in [0.25, 0.3) is 0 Å². The van der Waals surface area contributed by atoms with E-state index in [1.807, 2.05) is 45.0 Å². The first kappa shape index (κ1) is 15.1. The summed E-state index contributed by atoms with van der Waals surface area (Å²) in [6.45, 7) is 6.20. The molecule has 112 valence electrons. The first-order valence-corrected chi connectivity index (χ1v) is 7.01.